The molecule has 0 aliphatic heterocycles. The van der Waals surface area contributed by atoms with E-state index in [1.165, 1.54) is 0 Å². The summed E-state index contributed by atoms with van der Waals surface area (Å²) in [4.78, 5) is 11.6. The summed E-state index contributed by atoms with van der Waals surface area (Å²) in [6.07, 6.45) is 0.262. The normalized spacial score (nSPS) is 12.9. The molecule has 3 nitrogen and oxygen atoms in total. The van der Waals surface area contributed by atoms with E-state index in [2.05, 4.69) is 0 Å². The Morgan fingerprint density at radius 1 is 1.00 bits per heavy atom. The highest BCUT2D eigenvalue weighted by molar-refractivity contribution is 7.80. The molecule has 0 fully saturated rings. The van der Waals surface area contributed by atoms with Gasteiger partial charge in [-0.1, -0.05) is 30.1 Å². The van der Waals surface area contributed by atoms with Gasteiger partial charge in [-0.05, 0) is 55.0 Å². The molecule has 22 heavy (non-hydrogen) atoms. The maximum Gasteiger partial charge on any atom is 0.314 e. The number of carboxylic acids is 1. The smallest absolute Gasteiger partial charge is 0.314 e. The van der Waals surface area contributed by atoms with E-state index in [4.69, 9.17) is 23.2 Å². The summed E-state index contributed by atoms with van der Waals surface area (Å²) in [5.41, 5.74) is -0.991. The van der Waals surface area contributed by atoms with Crippen LogP contribution in [0.4, 0.5) is 0 Å². The summed E-state index contributed by atoms with van der Waals surface area (Å²) >= 11 is 11.8. The summed E-state index contributed by atoms with van der Waals surface area (Å²) < 4.78 is 13.7. The van der Waals surface area contributed by atoms with E-state index in [1.807, 2.05) is 0 Å². The molecule has 0 saturated heterocycles. The van der Waals surface area contributed by atoms with Gasteiger partial charge in [0.05, 0.1) is 0 Å². The maximum absolute atomic E-state index is 13.7. The Morgan fingerprint density at radius 2 is 1.36 bits per heavy atom. The number of halogens is 2. The van der Waals surface area contributed by atoms with Gasteiger partial charge >= 0.3 is 5.97 Å². The monoisotopic (exact) mass is 356 g/mol. The minimum atomic E-state index is -3.35. The number of hydrogen-bond donors (Lipinski definition) is 1. The third-order valence-corrected chi connectivity index (χ3v) is 7.63. The number of aliphatic carboxylic acids is 1. The fraction of sp³-hybridized carbons (Fsp3) is 0.188. The van der Waals surface area contributed by atoms with Gasteiger partial charge in [0.1, 0.15) is 5.66 Å². The van der Waals surface area contributed by atoms with Crippen LogP contribution in [0.25, 0.3) is 0 Å². The second-order valence-corrected chi connectivity index (χ2v) is 8.72. The fourth-order valence-corrected chi connectivity index (χ4v) is 5.70. The molecule has 6 heteroatoms. The van der Waals surface area contributed by atoms with Crippen LogP contribution in [0.2, 0.25) is 10.0 Å². The van der Waals surface area contributed by atoms with Crippen molar-refractivity contribution in [2.24, 2.45) is 0 Å². The predicted octanol–water partition coefficient (Wildman–Crippen LogP) is 4.17. The van der Waals surface area contributed by atoms with Crippen LogP contribution < -0.4 is 10.6 Å². The first-order valence-corrected chi connectivity index (χ1v) is 9.27. The van der Waals surface area contributed by atoms with Gasteiger partial charge in [-0.2, -0.15) is 0 Å². The van der Waals surface area contributed by atoms with Crippen molar-refractivity contribution >= 4 is 46.9 Å². The van der Waals surface area contributed by atoms with E-state index in [1.54, 1.807) is 55.5 Å². The van der Waals surface area contributed by atoms with Crippen LogP contribution in [0.15, 0.2) is 48.5 Å². The predicted molar refractivity (Wildman–Crippen MR) is 91.5 cm³/mol. The van der Waals surface area contributed by atoms with Gasteiger partial charge in [-0.3, -0.25) is 4.79 Å². The van der Waals surface area contributed by atoms with Crippen LogP contribution in [0.3, 0.4) is 0 Å². The van der Waals surface area contributed by atoms with Gasteiger partial charge in [0.25, 0.3) is 0 Å². The first-order chi connectivity index (χ1) is 10.4. The summed E-state index contributed by atoms with van der Waals surface area (Å²) in [5, 5.41) is 11.5. The molecule has 1 atom stereocenters. The average molecular weight is 357 g/mol. The Hall–Kier alpha value is -1.28. The molecule has 2 rings (SSSR count). The van der Waals surface area contributed by atoms with Crippen molar-refractivity contribution in [3.63, 3.8) is 0 Å². The lowest BCUT2D eigenvalue weighted by Crippen LogP contribution is -2.31. The topological polar surface area (TPSA) is 54.4 Å². The van der Waals surface area contributed by atoms with Gasteiger partial charge in [0, 0.05) is 20.7 Å². The van der Waals surface area contributed by atoms with Crippen molar-refractivity contribution in [2.75, 3.05) is 0 Å². The van der Waals surface area contributed by atoms with Crippen molar-refractivity contribution in [3.05, 3.63) is 58.6 Å². The molecule has 0 unspecified atom stereocenters. The third-order valence-electron chi connectivity index (χ3n) is 3.53. The Labute approximate surface area is 139 Å². The van der Waals surface area contributed by atoms with Crippen molar-refractivity contribution in [3.8, 4) is 0 Å². The molecule has 116 valence electrons. The van der Waals surface area contributed by atoms with E-state index >= 15 is 0 Å². The molecule has 0 aliphatic rings. The van der Waals surface area contributed by atoms with E-state index in [-0.39, 0.29) is 6.42 Å². The molecular formula is C16H15Cl2O3P. The van der Waals surface area contributed by atoms with Crippen LogP contribution >= 0.6 is 30.3 Å². The number of carbonyl (C=O) groups is 1. The molecule has 2 aromatic rings. The molecule has 0 radical (unpaired) electrons. The molecular weight excluding hydrogens is 342 g/mol. The summed E-state index contributed by atoms with van der Waals surface area (Å²) in [6, 6.07) is 13.0. The first kappa shape index (κ1) is 17.1. The Kier molecular flexibility index (Phi) is 5.33. The Bertz CT molecular complexity index is 662. The summed E-state index contributed by atoms with van der Waals surface area (Å²) in [5.74, 6) is -1.07. The van der Waals surface area contributed by atoms with Crippen molar-refractivity contribution in [1.82, 2.24) is 0 Å². The zero-order valence-corrected chi connectivity index (χ0v) is 14.3. The highest BCUT2D eigenvalue weighted by Crippen LogP contribution is 2.50. The summed E-state index contributed by atoms with van der Waals surface area (Å²) in [6.45, 7) is 1.72. The molecule has 1 N–H and O–H groups in total. The van der Waals surface area contributed by atoms with Crippen molar-refractivity contribution in [2.45, 2.75) is 19.0 Å². The van der Waals surface area contributed by atoms with E-state index in [9.17, 15) is 14.5 Å². The number of carboxylic acid groups (broad SMARTS) is 1. The molecule has 0 spiro atoms. The zero-order valence-electron chi connectivity index (χ0n) is 11.9. The summed E-state index contributed by atoms with van der Waals surface area (Å²) in [7, 11) is -3.35. The van der Waals surface area contributed by atoms with Crippen LogP contribution in [0.1, 0.15) is 13.3 Å². The fourth-order valence-electron chi connectivity index (χ4n) is 2.42. The lowest BCUT2D eigenvalue weighted by molar-refractivity contribution is -0.136. The van der Waals surface area contributed by atoms with E-state index < -0.39 is 18.8 Å². The second kappa shape index (κ2) is 6.87. The highest BCUT2D eigenvalue weighted by atomic mass is 35.5. The van der Waals surface area contributed by atoms with Gasteiger partial charge in [-0.15, -0.1) is 0 Å². The molecule has 0 saturated carbocycles. The molecule has 0 aromatic heterocycles. The SMILES string of the molecule is CC[C@H](C(=O)O)P(=O)(c1ccc(Cl)cc1)c1ccc(Cl)cc1. The quantitative estimate of drug-likeness (QED) is 0.818. The Balaban J connectivity index is 2.68. The lowest BCUT2D eigenvalue weighted by Gasteiger charge is -2.25. The number of rotatable bonds is 5. The third kappa shape index (κ3) is 3.22. The van der Waals surface area contributed by atoms with Gasteiger partial charge in [0.15, 0.2) is 7.14 Å². The highest BCUT2D eigenvalue weighted by Gasteiger charge is 2.40. The number of benzene rings is 2. The maximum atomic E-state index is 13.7. The lowest BCUT2D eigenvalue weighted by atomic mass is 10.3. The second-order valence-electron chi connectivity index (χ2n) is 4.87. The molecule has 2 aromatic carbocycles. The van der Waals surface area contributed by atoms with Crippen LogP contribution in [0, 0.1) is 0 Å². The van der Waals surface area contributed by atoms with E-state index in [0.29, 0.717) is 20.7 Å². The van der Waals surface area contributed by atoms with Gasteiger partial charge in [0.2, 0.25) is 0 Å². The minimum absolute atomic E-state index is 0.262. The average Bonchev–Trinajstić information content (AvgIpc) is 2.48. The molecule has 0 amide bonds. The standard InChI is InChI=1S/C16H15Cl2O3P/c1-2-15(16(19)20)22(21,13-7-3-11(17)4-8-13)14-9-5-12(18)6-10-14/h3-10,15H,2H2,1H3,(H,19,20)/t15-/m1/s1. The van der Waals surface area contributed by atoms with E-state index in [0.717, 1.165) is 0 Å². The van der Waals surface area contributed by atoms with Gasteiger partial charge in [-0.25, -0.2) is 0 Å². The van der Waals surface area contributed by atoms with Gasteiger partial charge < -0.3 is 9.67 Å². The first-order valence-electron chi connectivity index (χ1n) is 6.74. The molecule has 0 aliphatic carbocycles. The molecule has 0 heterocycles. The van der Waals surface area contributed by atoms with Crippen molar-refractivity contribution < 1.29 is 14.5 Å². The molecule has 0 bridgehead atoms. The minimum Gasteiger partial charge on any atom is -0.481 e. The van der Waals surface area contributed by atoms with Crippen LogP contribution in [-0.4, -0.2) is 16.7 Å². The zero-order chi connectivity index (χ0) is 16.3. The van der Waals surface area contributed by atoms with Crippen LogP contribution in [-0.2, 0) is 9.36 Å². The van der Waals surface area contributed by atoms with Crippen LogP contribution in [0.5, 0.6) is 0 Å². The largest absolute Gasteiger partial charge is 0.481 e. The Morgan fingerprint density at radius 3 is 1.64 bits per heavy atom. The van der Waals surface area contributed by atoms with Crippen molar-refractivity contribution in [1.29, 1.82) is 0 Å². The number of hydrogen-bond acceptors (Lipinski definition) is 2.